The Balaban J connectivity index is 2.40. The van der Waals surface area contributed by atoms with Crippen LogP contribution >= 0.6 is 0 Å². The first-order valence-corrected chi connectivity index (χ1v) is 7.00. The summed E-state index contributed by atoms with van der Waals surface area (Å²) in [6.45, 7) is 8.63. The molecule has 0 saturated heterocycles. The molecule has 0 radical (unpaired) electrons. The Bertz CT molecular complexity index is 366. The molecule has 1 aromatic heterocycles. The molecule has 5 heteroatoms. The molecule has 5 nitrogen and oxygen atoms in total. The number of anilines is 1. The number of aryl methyl sites for hydroxylation is 1. The molecule has 0 fully saturated rings. The summed E-state index contributed by atoms with van der Waals surface area (Å²) >= 11 is 0. The van der Waals surface area contributed by atoms with Gasteiger partial charge in [0.2, 0.25) is 0 Å². The molecule has 0 atom stereocenters. The van der Waals surface area contributed by atoms with Crippen molar-refractivity contribution in [3.8, 4) is 0 Å². The normalized spacial score (nSPS) is 11.0. The summed E-state index contributed by atoms with van der Waals surface area (Å²) in [5.41, 5.74) is 0.956. The lowest BCUT2D eigenvalue weighted by Crippen LogP contribution is -2.32. The van der Waals surface area contributed by atoms with E-state index in [1.165, 1.54) is 12.8 Å². The van der Waals surface area contributed by atoms with Crippen molar-refractivity contribution in [1.29, 1.82) is 0 Å². The van der Waals surface area contributed by atoms with Crippen LogP contribution in [0, 0.1) is 6.92 Å². The van der Waals surface area contributed by atoms with Crippen molar-refractivity contribution >= 4 is 5.82 Å². The molecule has 2 N–H and O–H groups in total. The van der Waals surface area contributed by atoms with Gasteiger partial charge >= 0.3 is 0 Å². The van der Waals surface area contributed by atoms with Crippen molar-refractivity contribution in [2.45, 2.75) is 46.3 Å². The fraction of sp³-hybridized carbons (Fsp3) is 0.714. The average molecular weight is 266 g/mol. The van der Waals surface area contributed by atoms with Crippen molar-refractivity contribution in [1.82, 2.24) is 15.3 Å². The quantitative estimate of drug-likeness (QED) is 0.670. The highest BCUT2D eigenvalue weighted by Crippen LogP contribution is 2.06. The molecular formula is C14H26N4O. The molecular weight excluding hydrogens is 240 g/mol. The van der Waals surface area contributed by atoms with E-state index in [1.807, 2.05) is 13.0 Å². The van der Waals surface area contributed by atoms with Crippen molar-refractivity contribution in [3.63, 3.8) is 0 Å². The molecule has 108 valence electrons. The van der Waals surface area contributed by atoms with Crippen molar-refractivity contribution in [2.75, 3.05) is 25.5 Å². The smallest absolute Gasteiger partial charge is 0.156 e. The first-order valence-electron chi connectivity index (χ1n) is 7.00. The van der Waals surface area contributed by atoms with Crippen LogP contribution in [0.4, 0.5) is 5.82 Å². The molecule has 0 aliphatic carbocycles. The maximum atomic E-state index is 5.06. The van der Waals surface area contributed by atoms with Gasteiger partial charge in [0.1, 0.15) is 12.4 Å². The minimum atomic E-state index is 0.447. The molecule has 1 rings (SSSR count). The van der Waals surface area contributed by atoms with Crippen LogP contribution in [0.3, 0.4) is 0 Å². The molecule has 0 unspecified atom stereocenters. The lowest BCUT2D eigenvalue weighted by atomic mass is 10.2. The first kappa shape index (κ1) is 15.9. The molecule has 0 spiro atoms. The SMILES string of the molecule is CCC(CC)NCCNc1cc(C)nc(COC)n1. The average Bonchev–Trinajstić information content (AvgIpc) is 2.39. The Labute approximate surface area is 116 Å². The summed E-state index contributed by atoms with van der Waals surface area (Å²) in [5, 5.41) is 6.83. The van der Waals surface area contributed by atoms with E-state index in [2.05, 4.69) is 34.4 Å². The van der Waals surface area contributed by atoms with Gasteiger partial charge in [0, 0.05) is 38.0 Å². The van der Waals surface area contributed by atoms with E-state index in [0.717, 1.165) is 30.4 Å². The van der Waals surface area contributed by atoms with Gasteiger partial charge in [-0.2, -0.15) is 0 Å². The van der Waals surface area contributed by atoms with Gasteiger partial charge in [0.25, 0.3) is 0 Å². The molecule has 0 aliphatic rings. The minimum Gasteiger partial charge on any atom is -0.377 e. The fourth-order valence-electron chi connectivity index (χ4n) is 1.96. The molecule has 0 saturated carbocycles. The summed E-state index contributed by atoms with van der Waals surface area (Å²) in [6, 6.07) is 2.56. The topological polar surface area (TPSA) is 59.1 Å². The van der Waals surface area contributed by atoms with Crippen LogP contribution in [0.1, 0.15) is 38.2 Å². The molecule has 0 amide bonds. The van der Waals surface area contributed by atoms with Crippen molar-refractivity contribution in [3.05, 3.63) is 17.6 Å². The monoisotopic (exact) mass is 266 g/mol. The second-order valence-corrected chi connectivity index (χ2v) is 4.64. The number of rotatable bonds is 9. The summed E-state index contributed by atoms with van der Waals surface area (Å²) < 4.78 is 5.06. The Hall–Kier alpha value is -1.20. The third kappa shape index (κ3) is 5.98. The molecule has 0 aromatic carbocycles. The number of hydrogen-bond donors (Lipinski definition) is 2. The van der Waals surface area contributed by atoms with Gasteiger partial charge in [-0.25, -0.2) is 9.97 Å². The summed E-state index contributed by atoms with van der Waals surface area (Å²) in [7, 11) is 1.65. The summed E-state index contributed by atoms with van der Waals surface area (Å²) in [4.78, 5) is 8.72. The van der Waals surface area contributed by atoms with Gasteiger partial charge in [-0.1, -0.05) is 13.8 Å². The van der Waals surface area contributed by atoms with Crippen LogP contribution in [-0.2, 0) is 11.3 Å². The maximum absolute atomic E-state index is 5.06. The first-order chi connectivity index (χ1) is 9.19. The lowest BCUT2D eigenvalue weighted by Gasteiger charge is -2.15. The largest absolute Gasteiger partial charge is 0.377 e. The zero-order valence-electron chi connectivity index (χ0n) is 12.5. The minimum absolute atomic E-state index is 0.447. The van der Waals surface area contributed by atoms with Crippen molar-refractivity contribution in [2.24, 2.45) is 0 Å². The predicted molar refractivity (Wildman–Crippen MR) is 78.3 cm³/mol. The highest BCUT2D eigenvalue weighted by atomic mass is 16.5. The summed E-state index contributed by atoms with van der Waals surface area (Å²) in [5.74, 6) is 1.59. The van der Waals surface area contributed by atoms with Gasteiger partial charge in [0.05, 0.1) is 0 Å². The molecule has 0 bridgehead atoms. The fourth-order valence-corrected chi connectivity index (χ4v) is 1.96. The van der Waals surface area contributed by atoms with Crippen LogP contribution in [0.15, 0.2) is 6.07 Å². The van der Waals surface area contributed by atoms with Crippen molar-refractivity contribution < 1.29 is 4.74 Å². The standard InChI is InChI=1S/C14H26N4O/c1-5-12(6-2)15-7-8-16-13-9-11(3)17-14(18-13)10-19-4/h9,12,15H,5-8,10H2,1-4H3,(H,16,17,18). The maximum Gasteiger partial charge on any atom is 0.156 e. The van der Waals surface area contributed by atoms with Crippen LogP contribution in [-0.4, -0.2) is 36.2 Å². The van der Waals surface area contributed by atoms with E-state index in [1.54, 1.807) is 7.11 Å². The van der Waals surface area contributed by atoms with Gasteiger partial charge in [-0.05, 0) is 19.8 Å². The highest BCUT2D eigenvalue weighted by molar-refractivity contribution is 5.35. The lowest BCUT2D eigenvalue weighted by molar-refractivity contribution is 0.177. The third-order valence-corrected chi connectivity index (χ3v) is 3.02. The van der Waals surface area contributed by atoms with Crippen LogP contribution in [0.2, 0.25) is 0 Å². The van der Waals surface area contributed by atoms with E-state index in [4.69, 9.17) is 4.74 Å². The number of methoxy groups -OCH3 is 1. The van der Waals surface area contributed by atoms with Crippen LogP contribution < -0.4 is 10.6 Å². The van der Waals surface area contributed by atoms with Crippen LogP contribution in [0.25, 0.3) is 0 Å². The Morgan fingerprint density at radius 1 is 1.21 bits per heavy atom. The van der Waals surface area contributed by atoms with E-state index in [9.17, 15) is 0 Å². The van der Waals surface area contributed by atoms with E-state index >= 15 is 0 Å². The Morgan fingerprint density at radius 2 is 1.95 bits per heavy atom. The molecule has 0 aliphatic heterocycles. The molecule has 1 aromatic rings. The number of nitrogens with one attached hydrogen (secondary N) is 2. The highest BCUT2D eigenvalue weighted by Gasteiger charge is 2.03. The van der Waals surface area contributed by atoms with Gasteiger partial charge in [-0.3, -0.25) is 0 Å². The molecule has 19 heavy (non-hydrogen) atoms. The Kier molecular flexibility index (Phi) is 7.36. The number of aromatic nitrogens is 2. The van der Waals surface area contributed by atoms with Crippen LogP contribution in [0.5, 0.6) is 0 Å². The second-order valence-electron chi connectivity index (χ2n) is 4.64. The van der Waals surface area contributed by atoms with Gasteiger partial charge in [0.15, 0.2) is 5.82 Å². The van der Waals surface area contributed by atoms with Gasteiger partial charge < -0.3 is 15.4 Å². The number of nitrogens with zero attached hydrogens (tertiary/aromatic N) is 2. The van der Waals surface area contributed by atoms with E-state index < -0.39 is 0 Å². The zero-order chi connectivity index (χ0) is 14.1. The predicted octanol–water partition coefficient (Wildman–Crippen LogP) is 2.12. The second kappa shape index (κ2) is 8.82. The Morgan fingerprint density at radius 3 is 2.58 bits per heavy atom. The van der Waals surface area contributed by atoms with E-state index in [-0.39, 0.29) is 0 Å². The zero-order valence-corrected chi connectivity index (χ0v) is 12.5. The van der Waals surface area contributed by atoms with Gasteiger partial charge in [-0.15, -0.1) is 0 Å². The van der Waals surface area contributed by atoms with E-state index in [0.29, 0.717) is 12.6 Å². The number of ether oxygens (including phenoxy) is 1. The summed E-state index contributed by atoms with van der Waals surface area (Å²) in [6.07, 6.45) is 2.34. The third-order valence-electron chi connectivity index (χ3n) is 3.02. The number of hydrogen-bond acceptors (Lipinski definition) is 5. The molecule has 1 heterocycles.